The molecule has 0 atom stereocenters. The van der Waals surface area contributed by atoms with Crippen molar-refractivity contribution in [3.05, 3.63) is 0 Å². The molecule has 0 unspecified atom stereocenters. The van der Waals surface area contributed by atoms with E-state index in [1.807, 2.05) is 0 Å². The molecule has 32 valence electrons. The zero-order valence-electron chi connectivity index (χ0n) is 1.43. The van der Waals surface area contributed by atoms with E-state index in [1.165, 1.54) is 0 Å². The second-order valence-corrected chi connectivity index (χ2v) is 2.41. The van der Waals surface area contributed by atoms with Crippen LogP contribution in [-0.2, 0) is 15.9 Å². The fourth-order valence-electron chi connectivity index (χ4n) is 0. The van der Waals surface area contributed by atoms with Gasteiger partial charge in [-0.15, -0.1) is 0 Å². The first-order valence-corrected chi connectivity index (χ1v) is 4.24. The summed E-state index contributed by atoms with van der Waals surface area (Å²) in [5.41, 5.74) is 0. The summed E-state index contributed by atoms with van der Waals surface area (Å²) in [6, 6.07) is 0. The molecule has 0 rings (SSSR count). The molecule has 0 N–H and O–H groups in total. The van der Waals surface area contributed by atoms with Gasteiger partial charge in [-0.25, -0.2) is 0 Å². The van der Waals surface area contributed by atoms with Crippen LogP contribution in [0.5, 0.6) is 0 Å². The molecule has 0 aromatic carbocycles. The molecule has 0 aliphatic heterocycles. The van der Waals surface area contributed by atoms with Crippen LogP contribution in [0.2, 0.25) is 0 Å². The van der Waals surface area contributed by atoms with E-state index in [-0.39, 0.29) is 53.7 Å². The SMILES string of the molecule is [Ar].[Cl][Pd][Cl]. The van der Waals surface area contributed by atoms with Crippen molar-refractivity contribution in [3.63, 3.8) is 0 Å². The average Bonchev–Trinajstić information content (AvgIpc) is 0.918. The molecular weight excluding hydrogens is 217 g/mol. The molecule has 0 heterocycles. The van der Waals surface area contributed by atoms with Crippen molar-refractivity contribution in [2.45, 2.75) is 0 Å². The average molecular weight is 217 g/mol. The predicted molar refractivity (Wildman–Crippen MR) is 11.7 cm³/mol. The summed E-state index contributed by atoms with van der Waals surface area (Å²) in [6.07, 6.45) is 0. The molecule has 0 aliphatic rings. The van der Waals surface area contributed by atoms with Gasteiger partial charge in [0.25, 0.3) is 0 Å². The Morgan fingerprint density at radius 1 is 1.25 bits per heavy atom. The normalized spacial score (nSPS) is 5.50. The molecule has 0 amide bonds. The summed E-state index contributed by atoms with van der Waals surface area (Å²) in [6.45, 7) is 0. The van der Waals surface area contributed by atoms with Crippen molar-refractivity contribution in [1.29, 1.82) is 0 Å². The Morgan fingerprint density at radius 3 is 1.25 bits per heavy atom. The van der Waals surface area contributed by atoms with Crippen LogP contribution < -0.4 is 0 Å². The second-order valence-electron chi connectivity index (χ2n) is 0.0452. The molecule has 4 heavy (non-hydrogen) atoms. The van der Waals surface area contributed by atoms with Gasteiger partial charge in [0.15, 0.2) is 0 Å². The van der Waals surface area contributed by atoms with Crippen molar-refractivity contribution in [2.24, 2.45) is 0 Å². The van der Waals surface area contributed by atoms with Crippen LogP contribution in [0.1, 0.15) is 0 Å². The van der Waals surface area contributed by atoms with E-state index in [0.717, 1.165) is 0 Å². The van der Waals surface area contributed by atoms with E-state index in [2.05, 4.69) is 0 Å². The maximum absolute atomic E-state index is 4.81. The Kier molecular flexibility index (Phi) is 22.1. The Balaban J connectivity index is 0. The van der Waals surface area contributed by atoms with E-state index in [9.17, 15) is 0 Å². The van der Waals surface area contributed by atoms with Gasteiger partial charge in [-0.3, -0.25) is 0 Å². The fraction of sp³-hybridized carbons (Fsp3) is 0. The Bertz CT molecular complexity index is 6.00. The summed E-state index contributed by atoms with van der Waals surface area (Å²) >= 11 is -0.106. The molecular formula is ArCl2Pd. The molecule has 0 aromatic rings. The summed E-state index contributed by atoms with van der Waals surface area (Å²) in [5, 5.41) is 0. The molecule has 0 bridgehead atoms. The number of hydrogen-bond donors (Lipinski definition) is 0. The molecule has 0 aromatic heterocycles. The van der Waals surface area contributed by atoms with E-state index >= 15 is 0 Å². The van der Waals surface area contributed by atoms with Crippen LogP contribution in [0.25, 0.3) is 0 Å². The van der Waals surface area contributed by atoms with Gasteiger partial charge in [0.1, 0.15) is 0 Å². The molecule has 0 aliphatic carbocycles. The third-order valence-electron chi connectivity index (χ3n) is 0. The molecule has 0 fully saturated rings. The third kappa shape index (κ3) is 8.82. The summed E-state index contributed by atoms with van der Waals surface area (Å²) < 4.78 is 0. The van der Waals surface area contributed by atoms with Crippen molar-refractivity contribution in [1.82, 2.24) is 0 Å². The maximum atomic E-state index is 4.81. The van der Waals surface area contributed by atoms with Gasteiger partial charge in [0, 0.05) is 37.7 Å². The van der Waals surface area contributed by atoms with Crippen LogP contribution in [0.15, 0.2) is 0 Å². The summed E-state index contributed by atoms with van der Waals surface area (Å²) in [4.78, 5) is 0. The van der Waals surface area contributed by atoms with Gasteiger partial charge in [0.05, 0.1) is 0 Å². The van der Waals surface area contributed by atoms with Crippen molar-refractivity contribution in [3.8, 4) is 0 Å². The fourth-order valence-corrected chi connectivity index (χ4v) is 0. The summed E-state index contributed by atoms with van der Waals surface area (Å²) in [5.74, 6) is 0. The quantitative estimate of drug-likeness (QED) is 0.538. The van der Waals surface area contributed by atoms with E-state index in [0.29, 0.717) is 0 Å². The van der Waals surface area contributed by atoms with Gasteiger partial charge in [-0.2, -0.15) is 0 Å². The van der Waals surface area contributed by atoms with Crippen LogP contribution in [0, 0.1) is 37.7 Å². The van der Waals surface area contributed by atoms with Gasteiger partial charge >= 0.3 is 35.0 Å². The number of rotatable bonds is 0. The molecule has 0 saturated heterocycles. The topological polar surface area (TPSA) is 0 Å². The van der Waals surface area contributed by atoms with E-state index in [1.54, 1.807) is 0 Å². The minimum absolute atomic E-state index is 0. The second kappa shape index (κ2) is 9.09. The van der Waals surface area contributed by atoms with Crippen LogP contribution in [-0.4, -0.2) is 0 Å². The number of hydrogen-bond acceptors (Lipinski definition) is 0. The van der Waals surface area contributed by atoms with Gasteiger partial charge in [0.2, 0.25) is 0 Å². The first-order valence-electron chi connectivity index (χ1n) is 0.239. The molecule has 0 spiro atoms. The zero-order chi connectivity index (χ0) is 2.71. The van der Waals surface area contributed by atoms with Crippen LogP contribution >= 0.6 is 19.1 Å². The van der Waals surface area contributed by atoms with Crippen molar-refractivity contribution < 1.29 is 53.7 Å². The van der Waals surface area contributed by atoms with Gasteiger partial charge in [-0.1, -0.05) is 0 Å². The zero-order valence-corrected chi connectivity index (χ0v) is 5.20. The van der Waals surface area contributed by atoms with Crippen molar-refractivity contribution in [2.75, 3.05) is 0 Å². The first-order chi connectivity index (χ1) is 1.41. The standard InChI is InChI=1S/Ar.2ClH.Pd/h;2*1H;/q;;;+2/p-2. The Hall–Kier alpha value is 2.50. The van der Waals surface area contributed by atoms with Gasteiger partial charge in [-0.05, 0) is 0 Å². The van der Waals surface area contributed by atoms with Crippen molar-refractivity contribution >= 4 is 19.1 Å². The molecule has 4 heteroatoms. The van der Waals surface area contributed by atoms with Gasteiger partial charge < -0.3 is 0 Å². The van der Waals surface area contributed by atoms with Crippen LogP contribution in [0.4, 0.5) is 0 Å². The van der Waals surface area contributed by atoms with E-state index < -0.39 is 0 Å². The third-order valence-corrected chi connectivity index (χ3v) is 0. The van der Waals surface area contributed by atoms with E-state index in [4.69, 9.17) is 19.1 Å². The molecule has 0 radical (unpaired) electrons. The summed E-state index contributed by atoms with van der Waals surface area (Å²) in [7, 11) is 9.63. The Morgan fingerprint density at radius 2 is 1.25 bits per heavy atom. The first kappa shape index (κ1) is 9.71. The minimum atomic E-state index is -0.106. The Labute approximate surface area is 71.3 Å². The monoisotopic (exact) mass is 216 g/mol. The molecule has 0 saturated carbocycles. The predicted octanol–water partition coefficient (Wildman–Crippen LogP) is 1.38. The van der Waals surface area contributed by atoms with Crippen LogP contribution in [0.3, 0.4) is 0 Å². The number of halogens is 2. The molecule has 0 nitrogen and oxygen atoms in total.